The Balaban J connectivity index is 0.000000326. The summed E-state index contributed by atoms with van der Waals surface area (Å²) in [6.07, 6.45) is 5.03. The highest BCUT2D eigenvalue weighted by molar-refractivity contribution is 5.99. The Morgan fingerprint density at radius 2 is 1.45 bits per heavy atom. The van der Waals surface area contributed by atoms with Gasteiger partial charge in [0.2, 0.25) is 0 Å². The Kier molecular flexibility index (Phi) is 8.53. The van der Waals surface area contributed by atoms with Gasteiger partial charge in [-0.2, -0.15) is 0 Å². The van der Waals surface area contributed by atoms with Gasteiger partial charge in [-0.05, 0) is 32.9 Å². The Labute approximate surface area is 168 Å². The van der Waals surface area contributed by atoms with Crippen LogP contribution < -0.4 is 11.1 Å². The van der Waals surface area contributed by atoms with Crippen LogP contribution in [0.5, 0.6) is 0 Å². The van der Waals surface area contributed by atoms with Crippen LogP contribution in [0.25, 0.3) is 0 Å². The van der Waals surface area contributed by atoms with Crippen molar-refractivity contribution >= 4 is 29.4 Å². The van der Waals surface area contributed by atoms with E-state index in [1.807, 2.05) is 0 Å². The van der Waals surface area contributed by atoms with E-state index in [0.717, 1.165) is 0 Å². The summed E-state index contributed by atoms with van der Waals surface area (Å²) >= 11 is 0. The first-order chi connectivity index (χ1) is 13.6. The lowest BCUT2D eigenvalue weighted by molar-refractivity contribution is 0.0591. The van der Waals surface area contributed by atoms with Crippen LogP contribution in [-0.4, -0.2) is 47.8 Å². The molecule has 0 aliphatic heterocycles. The molecule has 0 spiro atoms. The number of hydrogen-bond donors (Lipinski definition) is 2. The third kappa shape index (κ3) is 7.83. The van der Waals surface area contributed by atoms with Crippen molar-refractivity contribution in [2.24, 2.45) is 0 Å². The van der Waals surface area contributed by atoms with Crippen LogP contribution in [0.4, 0.5) is 16.2 Å². The molecule has 0 bridgehead atoms. The largest absolute Gasteiger partial charge is 0.465 e. The van der Waals surface area contributed by atoms with Gasteiger partial charge in [-0.25, -0.2) is 14.4 Å². The highest BCUT2D eigenvalue weighted by Gasteiger charge is 2.19. The lowest BCUT2D eigenvalue weighted by atomic mass is 10.2. The van der Waals surface area contributed by atoms with Gasteiger partial charge in [0.25, 0.3) is 0 Å². The number of nitrogens with two attached hydrogens (primary N) is 1. The van der Waals surface area contributed by atoms with E-state index in [2.05, 4.69) is 24.8 Å². The first kappa shape index (κ1) is 23.3. The van der Waals surface area contributed by atoms with E-state index in [0.29, 0.717) is 16.9 Å². The molecule has 3 N–H and O–H groups in total. The van der Waals surface area contributed by atoms with Gasteiger partial charge in [-0.15, -0.1) is 0 Å². The zero-order chi connectivity index (χ0) is 22.0. The zero-order valence-electron chi connectivity index (χ0n) is 16.9. The number of nitrogen functional groups attached to an aromatic ring is 1. The summed E-state index contributed by atoms with van der Waals surface area (Å²) in [7, 11) is 2.56. The summed E-state index contributed by atoms with van der Waals surface area (Å²) in [6.45, 7) is 5.25. The van der Waals surface area contributed by atoms with E-state index in [1.54, 1.807) is 26.8 Å². The number of carbonyl (C=O) groups excluding carboxylic acids is 3. The number of nitrogens with zero attached hydrogens (tertiary/aromatic N) is 2. The Morgan fingerprint density at radius 3 is 1.97 bits per heavy atom. The van der Waals surface area contributed by atoms with Crippen LogP contribution >= 0.6 is 0 Å². The maximum atomic E-state index is 11.6. The molecular weight excluding hydrogens is 380 g/mol. The van der Waals surface area contributed by atoms with Gasteiger partial charge < -0.3 is 19.9 Å². The standard InChI is InChI=1S/C12H16N2O4.C7H8N2O2/c1-12(2,3)18-11(16)14-9-5-6-13-7-8(9)10(15)17-4;1-11-7(10)5-4-9-3-2-6(5)8/h5-7H,1-4H3,(H,13,14,16);2-4H,1H3,(H2,8,9). The molecule has 2 rings (SSSR count). The average molecular weight is 404 g/mol. The Hall–Kier alpha value is -3.69. The molecule has 2 heterocycles. The molecule has 0 aromatic carbocycles. The lowest BCUT2D eigenvalue weighted by Gasteiger charge is -2.20. The maximum Gasteiger partial charge on any atom is 0.412 e. The summed E-state index contributed by atoms with van der Waals surface area (Å²) in [5.74, 6) is -1.04. The molecule has 1 amide bonds. The second-order valence-electron chi connectivity index (χ2n) is 6.49. The van der Waals surface area contributed by atoms with Gasteiger partial charge >= 0.3 is 18.0 Å². The van der Waals surface area contributed by atoms with E-state index in [-0.39, 0.29) is 5.56 Å². The van der Waals surface area contributed by atoms with Crippen LogP contribution in [-0.2, 0) is 14.2 Å². The van der Waals surface area contributed by atoms with Gasteiger partial charge in [0.15, 0.2) is 0 Å². The first-order valence-corrected chi connectivity index (χ1v) is 8.39. The average Bonchev–Trinajstić information content (AvgIpc) is 2.66. The molecule has 0 radical (unpaired) electrons. The molecule has 0 saturated carbocycles. The molecular formula is C19H24N4O6. The van der Waals surface area contributed by atoms with E-state index < -0.39 is 23.6 Å². The van der Waals surface area contributed by atoms with Crippen molar-refractivity contribution in [2.75, 3.05) is 25.3 Å². The number of methoxy groups -OCH3 is 2. The van der Waals surface area contributed by atoms with Gasteiger partial charge in [0.05, 0.1) is 19.9 Å². The number of ether oxygens (including phenoxy) is 3. The van der Waals surface area contributed by atoms with Crippen LogP contribution in [0.2, 0.25) is 0 Å². The number of pyridine rings is 2. The smallest absolute Gasteiger partial charge is 0.412 e. The number of esters is 2. The second kappa shape index (κ2) is 10.6. The minimum Gasteiger partial charge on any atom is -0.465 e. The number of nitrogens with one attached hydrogen (secondary N) is 1. The summed E-state index contributed by atoms with van der Waals surface area (Å²) in [5, 5.41) is 2.48. The van der Waals surface area contributed by atoms with Gasteiger partial charge in [-0.3, -0.25) is 15.3 Å². The predicted molar refractivity (Wildman–Crippen MR) is 105 cm³/mol. The van der Waals surface area contributed by atoms with Gasteiger partial charge in [-0.1, -0.05) is 0 Å². The van der Waals surface area contributed by atoms with E-state index in [1.165, 1.54) is 45.1 Å². The van der Waals surface area contributed by atoms with Crippen LogP contribution in [0.3, 0.4) is 0 Å². The first-order valence-electron chi connectivity index (χ1n) is 8.39. The number of amides is 1. The summed E-state index contributed by atoms with van der Waals surface area (Å²) in [6, 6.07) is 3.04. The van der Waals surface area contributed by atoms with Crippen LogP contribution in [0.15, 0.2) is 36.9 Å². The predicted octanol–water partition coefficient (Wildman–Crippen LogP) is 2.67. The molecule has 2 aromatic rings. The Bertz CT molecular complexity index is 864. The van der Waals surface area contributed by atoms with Gasteiger partial charge in [0, 0.05) is 30.5 Å². The zero-order valence-corrected chi connectivity index (χ0v) is 16.9. The number of carbonyl (C=O) groups is 3. The number of anilines is 2. The molecule has 0 aliphatic rings. The van der Waals surface area contributed by atoms with Crippen LogP contribution in [0, 0.1) is 0 Å². The van der Waals surface area contributed by atoms with E-state index in [9.17, 15) is 14.4 Å². The molecule has 0 fully saturated rings. The fourth-order valence-corrected chi connectivity index (χ4v) is 1.88. The highest BCUT2D eigenvalue weighted by Crippen LogP contribution is 2.16. The van der Waals surface area contributed by atoms with Crippen LogP contribution in [0.1, 0.15) is 41.5 Å². The molecule has 10 nitrogen and oxygen atoms in total. The minimum atomic E-state index is -0.640. The quantitative estimate of drug-likeness (QED) is 0.583. The van der Waals surface area contributed by atoms with Crippen molar-refractivity contribution in [3.05, 3.63) is 48.0 Å². The molecule has 0 atom stereocenters. The van der Waals surface area contributed by atoms with E-state index in [4.69, 9.17) is 10.5 Å². The number of hydrogen-bond acceptors (Lipinski definition) is 9. The molecule has 2 aromatic heterocycles. The van der Waals surface area contributed by atoms with Crippen molar-refractivity contribution in [3.63, 3.8) is 0 Å². The lowest BCUT2D eigenvalue weighted by Crippen LogP contribution is -2.27. The summed E-state index contributed by atoms with van der Waals surface area (Å²) < 4.78 is 14.1. The molecule has 0 unspecified atom stereocenters. The monoisotopic (exact) mass is 404 g/mol. The minimum absolute atomic E-state index is 0.172. The third-order valence-corrected chi connectivity index (χ3v) is 3.12. The van der Waals surface area contributed by atoms with E-state index >= 15 is 0 Å². The molecule has 0 aliphatic carbocycles. The number of aromatic nitrogens is 2. The van der Waals surface area contributed by atoms with Crippen molar-refractivity contribution in [3.8, 4) is 0 Å². The fraction of sp³-hybridized carbons (Fsp3) is 0.316. The molecule has 156 valence electrons. The number of rotatable bonds is 3. The normalized spacial score (nSPS) is 10.1. The van der Waals surface area contributed by atoms with Crippen molar-refractivity contribution < 1.29 is 28.6 Å². The summed E-state index contributed by atoms with van der Waals surface area (Å²) in [5.41, 5.74) is 6.00. The second-order valence-corrected chi connectivity index (χ2v) is 6.49. The van der Waals surface area contributed by atoms with Crippen molar-refractivity contribution in [1.29, 1.82) is 0 Å². The highest BCUT2D eigenvalue weighted by atomic mass is 16.6. The SMILES string of the molecule is COC(=O)c1cnccc1N.COC(=O)c1cnccc1NC(=O)OC(C)(C)C. The molecule has 29 heavy (non-hydrogen) atoms. The third-order valence-electron chi connectivity index (χ3n) is 3.12. The fourth-order valence-electron chi connectivity index (χ4n) is 1.88. The van der Waals surface area contributed by atoms with Gasteiger partial charge in [0.1, 0.15) is 16.7 Å². The molecule has 10 heteroatoms. The molecule has 0 saturated heterocycles. The van der Waals surface area contributed by atoms with Crippen molar-refractivity contribution in [1.82, 2.24) is 9.97 Å². The summed E-state index contributed by atoms with van der Waals surface area (Å²) in [4.78, 5) is 41.5. The maximum absolute atomic E-state index is 11.6. The Morgan fingerprint density at radius 1 is 0.931 bits per heavy atom. The topological polar surface area (TPSA) is 143 Å². The van der Waals surface area contributed by atoms with Crippen molar-refractivity contribution in [2.45, 2.75) is 26.4 Å².